The summed E-state index contributed by atoms with van der Waals surface area (Å²) in [6.45, 7) is 11.5. The number of hydrogen-bond donors (Lipinski definition) is 0. The van der Waals surface area contributed by atoms with Gasteiger partial charge in [0.25, 0.3) is 0 Å². The number of carbonyl (C=O) groups excluding carboxylic acids is 2. The van der Waals surface area contributed by atoms with E-state index in [4.69, 9.17) is 9.47 Å². The lowest BCUT2D eigenvalue weighted by atomic mass is 10.1. The van der Waals surface area contributed by atoms with Crippen LogP contribution in [0.3, 0.4) is 0 Å². The Kier molecular flexibility index (Phi) is 7.76. The average molecular weight is 240 g/mol. The summed E-state index contributed by atoms with van der Waals surface area (Å²) >= 11 is 0. The molecule has 0 bridgehead atoms. The first kappa shape index (κ1) is 15.4. The number of ether oxygens (including phenoxy) is 2. The van der Waals surface area contributed by atoms with Crippen molar-refractivity contribution in [1.82, 2.24) is 0 Å². The standard InChI is InChI=1S/C13H20O4/c1-5-7-9-17-13(15)11(4)10(3)12(14)16-8-6-2/h3-9H2,1-2H3. The van der Waals surface area contributed by atoms with Crippen LogP contribution < -0.4 is 0 Å². The number of esters is 2. The lowest BCUT2D eigenvalue weighted by Gasteiger charge is -2.08. The second-order valence-electron chi connectivity index (χ2n) is 3.58. The Labute approximate surface area is 102 Å². The van der Waals surface area contributed by atoms with Gasteiger partial charge >= 0.3 is 11.9 Å². The predicted octanol–water partition coefficient (Wildman–Crippen LogP) is 2.40. The Bertz CT molecular complexity index is 305. The van der Waals surface area contributed by atoms with E-state index in [0.29, 0.717) is 19.6 Å². The predicted molar refractivity (Wildman–Crippen MR) is 65.4 cm³/mol. The van der Waals surface area contributed by atoms with Crippen LogP contribution in [0.2, 0.25) is 0 Å². The summed E-state index contributed by atoms with van der Waals surface area (Å²) in [6.07, 6.45) is 2.43. The molecule has 0 atom stereocenters. The quantitative estimate of drug-likeness (QED) is 0.283. The SMILES string of the molecule is C=C(C(=C)C(=O)OCCCC)C(=O)OCCC. The molecule has 0 amide bonds. The van der Waals surface area contributed by atoms with E-state index in [0.717, 1.165) is 12.8 Å². The molecule has 0 fully saturated rings. The minimum atomic E-state index is -0.621. The molecule has 0 heterocycles. The molecule has 96 valence electrons. The van der Waals surface area contributed by atoms with Crippen molar-refractivity contribution < 1.29 is 19.1 Å². The Morgan fingerprint density at radius 1 is 0.882 bits per heavy atom. The minimum Gasteiger partial charge on any atom is -0.462 e. The van der Waals surface area contributed by atoms with E-state index < -0.39 is 11.9 Å². The first-order valence-corrected chi connectivity index (χ1v) is 5.77. The second kappa shape index (κ2) is 8.56. The van der Waals surface area contributed by atoms with Crippen LogP contribution in [0.25, 0.3) is 0 Å². The maximum absolute atomic E-state index is 11.4. The maximum Gasteiger partial charge on any atom is 0.338 e. The van der Waals surface area contributed by atoms with Crippen molar-refractivity contribution in [2.75, 3.05) is 13.2 Å². The van der Waals surface area contributed by atoms with Gasteiger partial charge < -0.3 is 9.47 Å². The van der Waals surface area contributed by atoms with Gasteiger partial charge in [-0.15, -0.1) is 0 Å². The molecule has 0 aliphatic heterocycles. The topological polar surface area (TPSA) is 52.6 Å². The van der Waals surface area contributed by atoms with E-state index in [9.17, 15) is 9.59 Å². The van der Waals surface area contributed by atoms with Gasteiger partial charge in [-0.1, -0.05) is 33.4 Å². The van der Waals surface area contributed by atoms with E-state index in [2.05, 4.69) is 13.2 Å². The van der Waals surface area contributed by atoms with Crippen LogP contribution in [0.15, 0.2) is 24.3 Å². The van der Waals surface area contributed by atoms with Crippen molar-refractivity contribution >= 4 is 11.9 Å². The molecule has 0 aromatic heterocycles. The lowest BCUT2D eigenvalue weighted by molar-refractivity contribution is -0.142. The van der Waals surface area contributed by atoms with Crippen molar-refractivity contribution in [3.8, 4) is 0 Å². The summed E-state index contributed by atoms with van der Waals surface area (Å²) < 4.78 is 9.76. The third-order valence-corrected chi connectivity index (χ3v) is 2.03. The molecule has 0 spiro atoms. The van der Waals surface area contributed by atoms with Crippen LogP contribution in [-0.4, -0.2) is 25.2 Å². The Morgan fingerprint density at radius 3 is 1.76 bits per heavy atom. The van der Waals surface area contributed by atoms with Crippen LogP contribution in [-0.2, 0) is 19.1 Å². The first-order chi connectivity index (χ1) is 8.04. The number of hydrogen-bond acceptors (Lipinski definition) is 4. The largest absolute Gasteiger partial charge is 0.462 e. The van der Waals surface area contributed by atoms with Gasteiger partial charge in [-0.2, -0.15) is 0 Å². The normalized spacial score (nSPS) is 9.53. The second-order valence-corrected chi connectivity index (χ2v) is 3.58. The molecule has 4 heteroatoms. The third-order valence-electron chi connectivity index (χ3n) is 2.03. The number of unbranched alkanes of at least 4 members (excludes halogenated alkanes) is 1. The lowest BCUT2D eigenvalue weighted by Crippen LogP contribution is -2.16. The fourth-order valence-electron chi connectivity index (χ4n) is 0.925. The Balaban J connectivity index is 4.15. The van der Waals surface area contributed by atoms with E-state index >= 15 is 0 Å². The molecule has 0 N–H and O–H groups in total. The summed E-state index contributed by atoms with van der Waals surface area (Å²) in [5, 5.41) is 0. The number of carbonyl (C=O) groups is 2. The first-order valence-electron chi connectivity index (χ1n) is 5.77. The molecule has 4 nitrogen and oxygen atoms in total. The van der Waals surface area contributed by atoms with Crippen LogP contribution in [0.5, 0.6) is 0 Å². The third kappa shape index (κ3) is 5.90. The van der Waals surface area contributed by atoms with Gasteiger partial charge in [-0.3, -0.25) is 0 Å². The summed E-state index contributed by atoms with van der Waals surface area (Å²) in [6, 6.07) is 0. The maximum atomic E-state index is 11.4. The van der Waals surface area contributed by atoms with Crippen molar-refractivity contribution in [3.05, 3.63) is 24.3 Å². The molecule has 0 rings (SSSR count). The zero-order valence-electron chi connectivity index (χ0n) is 10.6. The molecule has 0 radical (unpaired) electrons. The highest BCUT2D eigenvalue weighted by Crippen LogP contribution is 2.10. The molecule has 0 aromatic rings. The highest BCUT2D eigenvalue weighted by molar-refractivity contribution is 6.06. The van der Waals surface area contributed by atoms with E-state index in [1.165, 1.54) is 0 Å². The smallest absolute Gasteiger partial charge is 0.338 e. The zero-order valence-corrected chi connectivity index (χ0v) is 10.6. The van der Waals surface area contributed by atoms with Crippen LogP contribution in [0.1, 0.15) is 33.1 Å². The molecular weight excluding hydrogens is 220 g/mol. The van der Waals surface area contributed by atoms with E-state index in [1.807, 2.05) is 13.8 Å². The van der Waals surface area contributed by atoms with Crippen molar-refractivity contribution in [2.45, 2.75) is 33.1 Å². The molecule has 0 unspecified atom stereocenters. The van der Waals surface area contributed by atoms with Crippen LogP contribution >= 0.6 is 0 Å². The van der Waals surface area contributed by atoms with Crippen molar-refractivity contribution in [3.63, 3.8) is 0 Å². The zero-order chi connectivity index (χ0) is 13.3. The molecule has 0 aliphatic carbocycles. The van der Waals surface area contributed by atoms with Gasteiger partial charge in [0.05, 0.1) is 24.4 Å². The van der Waals surface area contributed by atoms with Gasteiger partial charge in [-0.25, -0.2) is 9.59 Å². The highest BCUT2D eigenvalue weighted by Gasteiger charge is 2.18. The van der Waals surface area contributed by atoms with E-state index in [-0.39, 0.29) is 11.1 Å². The van der Waals surface area contributed by atoms with Gasteiger partial charge in [0.2, 0.25) is 0 Å². The fraction of sp³-hybridized carbons (Fsp3) is 0.538. The van der Waals surface area contributed by atoms with Gasteiger partial charge in [-0.05, 0) is 12.8 Å². The van der Waals surface area contributed by atoms with Crippen LogP contribution in [0.4, 0.5) is 0 Å². The van der Waals surface area contributed by atoms with Crippen molar-refractivity contribution in [2.24, 2.45) is 0 Å². The number of rotatable bonds is 8. The molecule has 0 saturated carbocycles. The molecule has 0 saturated heterocycles. The minimum absolute atomic E-state index is 0.0396. The van der Waals surface area contributed by atoms with E-state index in [1.54, 1.807) is 0 Å². The molecule has 17 heavy (non-hydrogen) atoms. The Morgan fingerprint density at radius 2 is 1.35 bits per heavy atom. The van der Waals surface area contributed by atoms with Crippen molar-refractivity contribution in [1.29, 1.82) is 0 Å². The summed E-state index contributed by atoms with van der Waals surface area (Å²) in [4.78, 5) is 22.8. The molecular formula is C13H20O4. The monoisotopic (exact) mass is 240 g/mol. The molecule has 0 aromatic carbocycles. The highest BCUT2D eigenvalue weighted by atomic mass is 16.5. The summed E-state index contributed by atoms with van der Waals surface area (Å²) in [5.74, 6) is -1.24. The summed E-state index contributed by atoms with van der Waals surface area (Å²) in [7, 11) is 0. The molecule has 0 aliphatic rings. The average Bonchev–Trinajstić information content (AvgIpc) is 2.34. The van der Waals surface area contributed by atoms with Gasteiger partial charge in [0.15, 0.2) is 0 Å². The summed E-state index contributed by atoms with van der Waals surface area (Å²) in [5.41, 5.74) is -0.0813. The van der Waals surface area contributed by atoms with Gasteiger partial charge in [0, 0.05) is 0 Å². The Hall–Kier alpha value is -1.58. The fourth-order valence-corrected chi connectivity index (χ4v) is 0.925. The van der Waals surface area contributed by atoms with Crippen LogP contribution in [0, 0.1) is 0 Å². The van der Waals surface area contributed by atoms with Gasteiger partial charge in [0.1, 0.15) is 0 Å².